The van der Waals surface area contributed by atoms with Gasteiger partial charge in [0.25, 0.3) is 5.91 Å². The van der Waals surface area contributed by atoms with E-state index in [4.69, 9.17) is 0 Å². The first-order valence-electron chi connectivity index (χ1n) is 8.21. The van der Waals surface area contributed by atoms with E-state index in [9.17, 15) is 4.79 Å². The van der Waals surface area contributed by atoms with E-state index in [0.29, 0.717) is 5.69 Å². The first kappa shape index (κ1) is 14.7. The van der Waals surface area contributed by atoms with Crippen LogP contribution in [0.3, 0.4) is 0 Å². The molecule has 1 aliphatic heterocycles. The summed E-state index contributed by atoms with van der Waals surface area (Å²) < 4.78 is 0. The molecule has 1 saturated heterocycles. The van der Waals surface area contributed by atoms with Crippen LogP contribution in [0.2, 0.25) is 0 Å². The molecule has 122 valence electrons. The van der Waals surface area contributed by atoms with Crippen LogP contribution in [0.15, 0.2) is 48.7 Å². The molecule has 3 aromatic rings. The molecule has 6 nitrogen and oxygen atoms in total. The number of anilines is 1. The van der Waals surface area contributed by atoms with Gasteiger partial charge in [-0.25, -0.2) is 4.98 Å². The lowest BCUT2D eigenvalue weighted by atomic mass is 10.1. The summed E-state index contributed by atoms with van der Waals surface area (Å²) in [5.74, 6) is 0.835. The SMILES string of the molecule is O=C(N[C@@H]1CCCN(c2ccccn2)C1)c1n[nH]c2ccccc12. The third-order valence-corrected chi connectivity index (χ3v) is 4.42. The van der Waals surface area contributed by atoms with Gasteiger partial charge in [-0.3, -0.25) is 9.89 Å². The van der Waals surface area contributed by atoms with E-state index in [1.165, 1.54) is 0 Å². The van der Waals surface area contributed by atoms with Gasteiger partial charge in [0, 0.05) is 30.7 Å². The Morgan fingerprint density at radius 1 is 1.21 bits per heavy atom. The molecule has 6 heteroatoms. The normalized spacial score (nSPS) is 17.8. The summed E-state index contributed by atoms with van der Waals surface area (Å²) in [4.78, 5) is 19.2. The molecule has 1 fully saturated rings. The summed E-state index contributed by atoms with van der Waals surface area (Å²) in [6.07, 6.45) is 3.80. The number of hydrogen-bond donors (Lipinski definition) is 2. The van der Waals surface area contributed by atoms with Gasteiger partial charge < -0.3 is 10.2 Å². The van der Waals surface area contributed by atoms with E-state index in [-0.39, 0.29) is 11.9 Å². The average Bonchev–Trinajstić information content (AvgIpc) is 3.07. The minimum Gasteiger partial charge on any atom is -0.355 e. The molecular formula is C18H19N5O. The Morgan fingerprint density at radius 3 is 2.96 bits per heavy atom. The third-order valence-electron chi connectivity index (χ3n) is 4.42. The van der Waals surface area contributed by atoms with Crippen molar-refractivity contribution in [3.8, 4) is 0 Å². The Hall–Kier alpha value is -2.89. The van der Waals surface area contributed by atoms with Gasteiger partial charge in [-0.1, -0.05) is 24.3 Å². The second kappa shape index (κ2) is 6.31. The highest BCUT2D eigenvalue weighted by Crippen LogP contribution is 2.19. The second-order valence-electron chi connectivity index (χ2n) is 6.06. The maximum Gasteiger partial charge on any atom is 0.272 e. The molecule has 3 heterocycles. The number of hydrogen-bond acceptors (Lipinski definition) is 4. The van der Waals surface area contributed by atoms with Crippen LogP contribution in [0, 0.1) is 0 Å². The summed E-state index contributed by atoms with van der Waals surface area (Å²) in [5.41, 5.74) is 1.34. The summed E-state index contributed by atoms with van der Waals surface area (Å²) in [6, 6.07) is 13.7. The van der Waals surface area contributed by atoms with Crippen LogP contribution in [0.4, 0.5) is 5.82 Å². The number of benzene rings is 1. The molecule has 0 radical (unpaired) electrons. The average molecular weight is 321 g/mol. The Labute approximate surface area is 139 Å². The summed E-state index contributed by atoms with van der Waals surface area (Å²) in [7, 11) is 0. The van der Waals surface area contributed by atoms with Crippen LogP contribution in [0.25, 0.3) is 10.9 Å². The van der Waals surface area contributed by atoms with Gasteiger partial charge in [-0.15, -0.1) is 0 Å². The van der Waals surface area contributed by atoms with Crippen molar-refractivity contribution in [2.45, 2.75) is 18.9 Å². The van der Waals surface area contributed by atoms with Crippen molar-refractivity contribution in [2.75, 3.05) is 18.0 Å². The van der Waals surface area contributed by atoms with Crippen LogP contribution < -0.4 is 10.2 Å². The van der Waals surface area contributed by atoms with Crippen LogP contribution >= 0.6 is 0 Å². The number of H-pyrrole nitrogens is 1. The standard InChI is InChI=1S/C18H19N5O/c24-18(17-14-7-1-2-8-15(14)21-22-17)20-13-6-5-11-23(12-13)16-9-3-4-10-19-16/h1-4,7-10,13H,5-6,11-12H2,(H,20,24)(H,21,22)/t13-/m1/s1. The number of aromatic amines is 1. The smallest absolute Gasteiger partial charge is 0.272 e. The number of aromatic nitrogens is 3. The minimum atomic E-state index is -0.125. The van der Waals surface area contributed by atoms with Crippen LogP contribution in [-0.2, 0) is 0 Å². The summed E-state index contributed by atoms with van der Waals surface area (Å²) in [5, 5.41) is 11.1. The van der Waals surface area contributed by atoms with Gasteiger partial charge in [0.05, 0.1) is 5.52 Å². The van der Waals surface area contributed by atoms with Crippen LogP contribution in [0.5, 0.6) is 0 Å². The van der Waals surface area contributed by atoms with E-state index in [0.717, 1.165) is 42.7 Å². The minimum absolute atomic E-state index is 0.101. The molecule has 24 heavy (non-hydrogen) atoms. The number of fused-ring (bicyclic) bond motifs is 1. The third kappa shape index (κ3) is 2.82. The van der Waals surface area contributed by atoms with Crippen LogP contribution in [-0.4, -0.2) is 40.2 Å². The molecule has 1 aromatic carbocycles. The molecule has 0 bridgehead atoms. The zero-order valence-electron chi connectivity index (χ0n) is 13.3. The largest absolute Gasteiger partial charge is 0.355 e. The molecule has 0 unspecified atom stereocenters. The highest BCUT2D eigenvalue weighted by molar-refractivity contribution is 6.04. The molecular weight excluding hydrogens is 302 g/mol. The Balaban J connectivity index is 1.47. The van der Waals surface area contributed by atoms with E-state index < -0.39 is 0 Å². The first-order chi connectivity index (χ1) is 11.8. The van der Waals surface area contributed by atoms with Gasteiger partial charge in [0.1, 0.15) is 5.82 Å². The molecule has 1 aliphatic rings. The number of nitrogens with zero attached hydrogens (tertiary/aromatic N) is 3. The van der Waals surface area contributed by atoms with E-state index in [1.54, 1.807) is 6.20 Å². The van der Waals surface area contributed by atoms with E-state index in [2.05, 4.69) is 25.4 Å². The van der Waals surface area contributed by atoms with Crippen molar-refractivity contribution in [3.05, 3.63) is 54.4 Å². The van der Waals surface area contributed by atoms with Crippen molar-refractivity contribution in [2.24, 2.45) is 0 Å². The lowest BCUT2D eigenvalue weighted by molar-refractivity contribution is 0.0929. The molecule has 1 atom stereocenters. The molecule has 4 rings (SSSR count). The molecule has 2 aromatic heterocycles. The number of carbonyl (C=O) groups is 1. The number of para-hydroxylation sites is 1. The number of piperidine rings is 1. The molecule has 1 amide bonds. The number of carbonyl (C=O) groups excluding carboxylic acids is 1. The highest BCUT2D eigenvalue weighted by Gasteiger charge is 2.24. The maximum absolute atomic E-state index is 12.6. The van der Waals surface area contributed by atoms with Gasteiger partial charge in [-0.05, 0) is 31.0 Å². The zero-order valence-corrected chi connectivity index (χ0v) is 13.3. The van der Waals surface area contributed by atoms with Gasteiger partial charge in [-0.2, -0.15) is 5.10 Å². The number of pyridine rings is 1. The molecule has 0 saturated carbocycles. The summed E-state index contributed by atoms with van der Waals surface area (Å²) in [6.45, 7) is 1.74. The first-order valence-corrected chi connectivity index (χ1v) is 8.21. The lowest BCUT2D eigenvalue weighted by Crippen LogP contribution is -2.48. The van der Waals surface area contributed by atoms with Gasteiger partial charge in [0.2, 0.25) is 0 Å². The topological polar surface area (TPSA) is 73.9 Å². The van der Waals surface area contributed by atoms with E-state index >= 15 is 0 Å². The van der Waals surface area contributed by atoms with Gasteiger partial charge >= 0.3 is 0 Å². The van der Waals surface area contributed by atoms with Crippen molar-refractivity contribution >= 4 is 22.6 Å². The zero-order chi connectivity index (χ0) is 16.4. The quantitative estimate of drug-likeness (QED) is 0.776. The maximum atomic E-state index is 12.6. The summed E-state index contributed by atoms with van der Waals surface area (Å²) >= 11 is 0. The van der Waals surface area contributed by atoms with Crippen molar-refractivity contribution in [1.82, 2.24) is 20.5 Å². The van der Waals surface area contributed by atoms with Crippen molar-refractivity contribution < 1.29 is 4.79 Å². The predicted octanol–water partition coefficient (Wildman–Crippen LogP) is 2.36. The number of rotatable bonds is 3. The molecule has 0 spiro atoms. The Kier molecular flexibility index (Phi) is 3.86. The highest BCUT2D eigenvalue weighted by atomic mass is 16.2. The monoisotopic (exact) mass is 321 g/mol. The fraction of sp³-hybridized carbons (Fsp3) is 0.278. The lowest BCUT2D eigenvalue weighted by Gasteiger charge is -2.33. The second-order valence-corrected chi connectivity index (χ2v) is 6.06. The fourth-order valence-corrected chi connectivity index (χ4v) is 3.23. The van der Waals surface area contributed by atoms with Gasteiger partial charge in [0.15, 0.2) is 5.69 Å². The van der Waals surface area contributed by atoms with Crippen molar-refractivity contribution in [1.29, 1.82) is 0 Å². The van der Waals surface area contributed by atoms with Crippen LogP contribution in [0.1, 0.15) is 23.3 Å². The van der Waals surface area contributed by atoms with E-state index in [1.807, 2.05) is 42.5 Å². The predicted molar refractivity (Wildman–Crippen MR) is 93.0 cm³/mol. The Bertz CT molecular complexity index is 845. The number of nitrogens with one attached hydrogen (secondary N) is 2. The molecule has 0 aliphatic carbocycles. The fourth-order valence-electron chi connectivity index (χ4n) is 3.23. The Morgan fingerprint density at radius 2 is 2.08 bits per heavy atom. The van der Waals surface area contributed by atoms with Crippen molar-refractivity contribution in [3.63, 3.8) is 0 Å². The molecule has 2 N–H and O–H groups in total. The number of amides is 1.